The molecule has 0 radical (unpaired) electrons. The minimum absolute atomic E-state index is 0.00920. The van der Waals surface area contributed by atoms with Crippen molar-refractivity contribution in [2.75, 3.05) is 52.3 Å². The average Bonchev–Trinajstić information content (AvgIpc) is 2.77. The van der Waals surface area contributed by atoms with Crippen LogP contribution in [0.5, 0.6) is 11.5 Å². The molecule has 0 aliphatic carbocycles. The molecule has 1 saturated heterocycles. The summed E-state index contributed by atoms with van der Waals surface area (Å²) in [6, 6.07) is 9.75. The molecule has 1 amide bonds. The zero-order valence-corrected chi connectivity index (χ0v) is 17.5. The average molecular weight is 399 g/mol. The number of hydrogen-bond donors (Lipinski definition) is 1. The first kappa shape index (κ1) is 20.9. The molecule has 7 nitrogen and oxygen atoms in total. The lowest BCUT2D eigenvalue weighted by molar-refractivity contribution is -0.121. The first-order chi connectivity index (χ1) is 14.1. The largest absolute Gasteiger partial charge is 0.497 e. The number of nitrogens with zero attached hydrogens (tertiary/aromatic N) is 3. The van der Waals surface area contributed by atoms with Crippen LogP contribution in [-0.4, -0.2) is 63.2 Å². The molecule has 0 bridgehead atoms. The fourth-order valence-corrected chi connectivity index (χ4v) is 3.30. The number of likely N-dealkylation sites (N-methyl/N-ethyl adjacent to an activating group) is 1. The summed E-state index contributed by atoms with van der Waals surface area (Å²) in [4.78, 5) is 21.4. The molecule has 1 aliphatic heterocycles. The number of methoxy groups -OCH3 is 2. The normalized spacial score (nSPS) is 14.5. The molecule has 1 aromatic heterocycles. The first-order valence-corrected chi connectivity index (χ1v) is 9.94. The van der Waals surface area contributed by atoms with Gasteiger partial charge in [-0.25, -0.2) is 4.98 Å². The van der Waals surface area contributed by atoms with Gasteiger partial charge in [0.15, 0.2) is 0 Å². The number of nitrogens with one attached hydrogen (secondary N) is 1. The van der Waals surface area contributed by atoms with Gasteiger partial charge in [-0.05, 0) is 42.8 Å². The molecule has 0 atom stereocenters. The van der Waals surface area contributed by atoms with E-state index in [1.54, 1.807) is 14.2 Å². The van der Waals surface area contributed by atoms with Crippen LogP contribution in [0.1, 0.15) is 17.5 Å². The Bertz CT molecular complexity index is 780. The molecular weight excluding hydrogens is 368 g/mol. The molecule has 156 valence electrons. The fourth-order valence-electron chi connectivity index (χ4n) is 3.30. The minimum Gasteiger partial charge on any atom is -0.497 e. The van der Waals surface area contributed by atoms with E-state index in [-0.39, 0.29) is 5.91 Å². The third-order valence-corrected chi connectivity index (χ3v) is 5.18. The topological polar surface area (TPSA) is 66.9 Å². The van der Waals surface area contributed by atoms with E-state index in [4.69, 9.17) is 9.47 Å². The van der Waals surface area contributed by atoms with Gasteiger partial charge in [-0.3, -0.25) is 4.79 Å². The van der Waals surface area contributed by atoms with Crippen molar-refractivity contribution >= 4 is 11.7 Å². The Hall–Kier alpha value is -2.80. The number of carbonyl (C=O) groups excluding carboxylic acids is 1. The Morgan fingerprint density at radius 2 is 1.72 bits per heavy atom. The summed E-state index contributed by atoms with van der Waals surface area (Å²) >= 11 is 0. The molecule has 1 aliphatic rings. The van der Waals surface area contributed by atoms with Gasteiger partial charge >= 0.3 is 0 Å². The molecule has 3 rings (SSSR count). The molecular formula is C22H30N4O3. The highest BCUT2D eigenvalue weighted by atomic mass is 16.5. The van der Waals surface area contributed by atoms with Crippen LogP contribution in [0.2, 0.25) is 0 Å². The second-order valence-corrected chi connectivity index (χ2v) is 7.31. The number of pyridine rings is 1. The molecule has 2 heterocycles. The van der Waals surface area contributed by atoms with Gasteiger partial charge in [0.2, 0.25) is 5.91 Å². The molecule has 0 unspecified atom stereocenters. The second kappa shape index (κ2) is 10.1. The molecule has 1 aromatic carbocycles. The van der Waals surface area contributed by atoms with E-state index in [0.29, 0.717) is 19.4 Å². The quantitative estimate of drug-likeness (QED) is 0.735. The van der Waals surface area contributed by atoms with Crippen LogP contribution in [0, 0.1) is 0 Å². The third-order valence-electron chi connectivity index (χ3n) is 5.18. The predicted octanol–water partition coefficient (Wildman–Crippen LogP) is 2.10. The molecule has 7 heteroatoms. The van der Waals surface area contributed by atoms with Crippen molar-refractivity contribution in [3.8, 4) is 11.5 Å². The number of rotatable bonds is 8. The molecule has 1 N–H and O–H groups in total. The van der Waals surface area contributed by atoms with Gasteiger partial charge in [-0.1, -0.05) is 6.07 Å². The Kier molecular flexibility index (Phi) is 7.30. The van der Waals surface area contributed by atoms with Gasteiger partial charge in [0.1, 0.15) is 17.3 Å². The number of ether oxygens (including phenoxy) is 2. The lowest BCUT2D eigenvalue weighted by atomic mass is 10.1. The number of carbonyl (C=O) groups is 1. The van der Waals surface area contributed by atoms with Crippen LogP contribution in [0.25, 0.3) is 0 Å². The summed E-state index contributed by atoms with van der Waals surface area (Å²) in [5.74, 6) is 2.47. The predicted molar refractivity (Wildman–Crippen MR) is 114 cm³/mol. The number of piperazine rings is 1. The highest BCUT2D eigenvalue weighted by Crippen LogP contribution is 2.23. The van der Waals surface area contributed by atoms with Crippen molar-refractivity contribution in [3.05, 3.63) is 47.7 Å². The standard InChI is InChI=1S/C22H30N4O3/c1-25-8-10-26(11-9-25)21-6-4-18(15-23-21)16-24-22(27)7-5-17-12-19(28-2)14-20(13-17)29-3/h4,6,12-15H,5,7-11,16H2,1-3H3,(H,24,27). The van der Waals surface area contributed by atoms with Gasteiger partial charge in [0.05, 0.1) is 14.2 Å². The van der Waals surface area contributed by atoms with Crippen molar-refractivity contribution in [3.63, 3.8) is 0 Å². The first-order valence-electron chi connectivity index (χ1n) is 9.94. The SMILES string of the molecule is COc1cc(CCC(=O)NCc2ccc(N3CCN(C)CC3)nc2)cc(OC)c1. The van der Waals surface area contributed by atoms with Crippen molar-refractivity contribution in [2.24, 2.45) is 0 Å². The molecule has 0 saturated carbocycles. The second-order valence-electron chi connectivity index (χ2n) is 7.31. The number of hydrogen-bond acceptors (Lipinski definition) is 6. The van der Waals surface area contributed by atoms with Crippen LogP contribution >= 0.6 is 0 Å². The number of amides is 1. The van der Waals surface area contributed by atoms with Crippen LogP contribution in [0.3, 0.4) is 0 Å². The molecule has 1 fully saturated rings. The van der Waals surface area contributed by atoms with Gasteiger partial charge in [0.25, 0.3) is 0 Å². The summed E-state index contributed by atoms with van der Waals surface area (Å²) in [5.41, 5.74) is 2.01. The summed E-state index contributed by atoms with van der Waals surface area (Å²) in [7, 11) is 5.38. The van der Waals surface area contributed by atoms with Crippen LogP contribution in [-0.2, 0) is 17.8 Å². The van der Waals surface area contributed by atoms with Gasteiger partial charge in [-0.2, -0.15) is 0 Å². The Labute approximate surface area is 172 Å². The lowest BCUT2D eigenvalue weighted by Crippen LogP contribution is -2.44. The van der Waals surface area contributed by atoms with Crippen molar-refractivity contribution in [2.45, 2.75) is 19.4 Å². The van der Waals surface area contributed by atoms with Gasteiger partial charge in [0, 0.05) is 51.4 Å². The zero-order chi connectivity index (χ0) is 20.6. The van der Waals surface area contributed by atoms with Crippen LogP contribution in [0.15, 0.2) is 36.5 Å². The third kappa shape index (κ3) is 6.09. The summed E-state index contributed by atoms with van der Waals surface area (Å²) in [6.07, 6.45) is 2.88. The van der Waals surface area contributed by atoms with Crippen molar-refractivity contribution < 1.29 is 14.3 Å². The van der Waals surface area contributed by atoms with E-state index in [9.17, 15) is 4.79 Å². The highest BCUT2D eigenvalue weighted by molar-refractivity contribution is 5.76. The maximum Gasteiger partial charge on any atom is 0.220 e. The maximum atomic E-state index is 12.2. The minimum atomic E-state index is 0.00920. The summed E-state index contributed by atoms with van der Waals surface area (Å²) in [6.45, 7) is 4.58. The number of anilines is 1. The van der Waals surface area contributed by atoms with Gasteiger partial charge < -0.3 is 24.6 Å². The number of aryl methyl sites for hydroxylation is 1. The van der Waals surface area contributed by atoms with E-state index < -0.39 is 0 Å². The van der Waals surface area contributed by atoms with E-state index in [1.807, 2.05) is 36.5 Å². The number of aromatic nitrogens is 1. The zero-order valence-electron chi connectivity index (χ0n) is 17.5. The maximum absolute atomic E-state index is 12.2. The Balaban J connectivity index is 1.46. The fraction of sp³-hybridized carbons (Fsp3) is 0.455. The van der Waals surface area contributed by atoms with Crippen molar-refractivity contribution in [1.82, 2.24) is 15.2 Å². The van der Waals surface area contributed by atoms with E-state index >= 15 is 0 Å². The van der Waals surface area contributed by atoms with Crippen molar-refractivity contribution in [1.29, 1.82) is 0 Å². The van der Waals surface area contributed by atoms with Gasteiger partial charge in [-0.15, -0.1) is 0 Å². The molecule has 29 heavy (non-hydrogen) atoms. The summed E-state index contributed by atoms with van der Waals surface area (Å²) < 4.78 is 10.5. The Morgan fingerprint density at radius 3 is 2.31 bits per heavy atom. The highest BCUT2D eigenvalue weighted by Gasteiger charge is 2.15. The number of benzene rings is 1. The molecule has 0 spiro atoms. The van der Waals surface area contributed by atoms with E-state index in [2.05, 4.69) is 27.1 Å². The smallest absolute Gasteiger partial charge is 0.220 e. The summed E-state index contributed by atoms with van der Waals surface area (Å²) in [5, 5.41) is 2.97. The lowest BCUT2D eigenvalue weighted by Gasteiger charge is -2.33. The molecule has 2 aromatic rings. The van der Waals surface area contributed by atoms with E-state index in [1.165, 1.54) is 0 Å². The monoisotopic (exact) mass is 398 g/mol. The van der Waals surface area contributed by atoms with E-state index in [0.717, 1.165) is 54.6 Å². The Morgan fingerprint density at radius 1 is 1.03 bits per heavy atom. The van der Waals surface area contributed by atoms with Crippen LogP contribution < -0.4 is 19.7 Å². The van der Waals surface area contributed by atoms with Crippen LogP contribution in [0.4, 0.5) is 5.82 Å².